The monoisotopic (exact) mass is 275 g/mol. The summed E-state index contributed by atoms with van der Waals surface area (Å²) >= 11 is 0. The maximum absolute atomic E-state index is 13.6. The lowest BCUT2D eigenvalue weighted by molar-refractivity contribution is 0.571. The second-order valence-electron chi connectivity index (χ2n) is 4.56. The van der Waals surface area contributed by atoms with Crippen molar-refractivity contribution in [3.63, 3.8) is 0 Å². The zero-order valence-corrected chi connectivity index (χ0v) is 11.0. The number of rotatable bonds is 4. The first-order chi connectivity index (χ1) is 9.47. The Hall–Kier alpha value is -2.43. The smallest absolute Gasteiger partial charge is 0.131 e. The molecule has 0 aliphatic carbocycles. The van der Waals surface area contributed by atoms with Crippen LogP contribution in [0.4, 0.5) is 14.5 Å². The molecule has 2 aromatic rings. The molecule has 0 fully saturated rings. The Morgan fingerprint density at radius 2 is 1.95 bits per heavy atom. The lowest BCUT2D eigenvalue weighted by Gasteiger charge is -2.20. The second kappa shape index (κ2) is 5.69. The van der Waals surface area contributed by atoms with E-state index in [2.05, 4.69) is 0 Å². The number of benzene rings is 2. The van der Waals surface area contributed by atoms with Crippen LogP contribution in [0.1, 0.15) is 11.1 Å². The molecule has 0 bridgehead atoms. The van der Waals surface area contributed by atoms with E-state index in [0.29, 0.717) is 17.7 Å². The van der Waals surface area contributed by atoms with Gasteiger partial charge in [-0.3, -0.25) is 5.41 Å². The predicted molar refractivity (Wildman–Crippen MR) is 75.9 cm³/mol. The molecule has 3 nitrogen and oxygen atoms in total. The number of hydrogen-bond acceptors (Lipinski definition) is 2. The molecule has 0 spiro atoms. The minimum absolute atomic E-state index is 0.0202. The van der Waals surface area contributed by atoms with Crippen LogP contribution in [-0.4, -0.2) is 12.9 Å². The number of nitrogens with zero attached hydrogens (tertiary/aromatic N) is 1. The van der Waals surface area contributed by atoms with E-state index < -0.39 is 11.6 Å². The maximum atomic E-state index is 13.6. The predicted octanol–water partition coefficient (Wildman–Crippen LogP) is 2.89. The number of amidine groups is 1. The van der Waals surface area contributed by atoms with E-state index in [0.717, 1.165) is 11.8 Å². The van der Waals surface area contributed by atoms with Crippen LogP contribution in [0.3, 0.4) is 0 Å². The molecule has 0 unspecified atom stereocenters. The Morgan fingerprint density at radius 1 is 1.20 bits per heavy atom. The highest BCUT2D eigenvalue weighted by atomic mass is 19.1. The third-order valence-corrected chi connectivity index (χ3v) is 3.02. The topological polar surface area (TPSA) is 53.1 Å². The summed E-state index contributed by atoms with van der Waals surface area (Å²) in [5.41, 5.74) is 7.26. The highest BCUT2D eigenvalue weighted by Gasteiger charge is 2.08. The van der Waals surface area contributed by atoms with Gasteiger partial charge >= 0.3 is 0 Å². The molecular formula is C15H15F2N3. The van der Waals surface area contributed by atoms with E-state index in [1.807, 2.05) is 11.0 Å². The van der Waals surface area contributed by atoms with Crippen molar-refractivity contribution in [3.05, 3.63) is 65.2 Å². The van der Waals surface area contributed by atoms with E-state index in [9.17, 15) is 8.78 Å². The fraction of sp³-hybridized carbons (Fsp3) is 0.133. The van der Waals surface area contributed by atoms with Crippen molar-refractivity contribution in [2.24, 2.45) is 5.73 Å². The molecule has 5 heteroatoms. The van der Waals surface area contributed by atoms with E-state index in [1.54, 1.807) is 25.2 Å². The third-order valence-electron chi connectivity index (χ3n) is 3.02. The number of halogens is 2. The summed E-state index contributed by atoms with van der Waals surface area (Å²) in [5.74, 6) is -1.18. The Kier molecular flexibility index (Phi) is 3.98. The standard InChI is InChI=1S/C15H15F2N3/c1-20(9-11-5-6-12(16)8-14(11)17)13-4-2-3-10(7-13)15(18)19/h2-8H,9H2,1H3,(H3,18,19). The van der Waals surface area contributed by atoms with E-state index >= 15 is 0 Å². The minimum atomic E-state index is -0.590. The van der Waals surface area contributed by atoms with E-state index in [4.69, 9.17) is 11.1 Å². The molecular weight excluding hydrogens is 260 g/mol. The second-order valence-corrected chi connectivity index (χ2v) is 4.56. The minimum Gasteiger partial charge on any atom is -0.384 e. The number of hydrogen-bond donors (Lipinski definition) is 2. The van der Waals surface area contributed by atoms with Gasteiger partial charge in [0.25, 0.3) is 0 Å². The largest absolute Gasteiger partial charge is 0.384 e. The van der Waals surface area contributed by atoms with Crippen molar-refractivity contribution in [3.8, 4) is 0 Å². The van der Waals surface area contributed by atoms with Gasteiger partial charge in [0.1, 0.15) is 17.5 Å². The highest BCUT2D eigenvalue weighted by Crippen LogP contribution is 2.19. The van der Waals surface area contributed by atoms with Gasteiger partial charge in [0.15, 0.2) is 0 Å². The zero-order valence-electron chi connectivity index (χ0n) is 11.0. The molecule has 0 atom stereocenters. The van der Waals surface area contributed by atoms with Crippen molar-refractivity contribution >= 4 is 11.5 Å². The molecule has 104 valence electrons. The first-order valence-corrected chi connectivity index (χ1v) is 6.07. The van der Waals surface area contributed by atoms with Gasteiger partial charge in [-0.15, -0.1) is 0 Å². The summed E-state index contributed by atoms with van der Waals surface area (Å²) in [7, 11) is 1.79. The van der Waals surface area contributed by atoms with Gasteiger partial charge in [0.2, 0.25) is 0 Å². The lowest BCUT2D eigenvalue weighted by Crippen LogP contribution is -2.18. The average Bonchev–Trinajstić information content (AvgIpc) is 2.42. The van der Waals surface area contributed by atoms with Crippen molar-refractivity contribution in [2.75, 3.05) is 11.9 Å². The Morgan fingerprint density at radius 3 is 2.60 bits per heavy atom. The first-order valence-electron chi connectivity index (χ1n) is 6.07. The molecule has 2 rings (SSSR count). The van der Waals surface area contributed by atoms with Gasteiger partial charge < -0.3 is 10.6 Å². The van der Waals surface area contributed by atoms with Crippen molar-refractivity contribution in [1.82, 2.24) is 0 Å². The average molecular weight is 275 g/mol. The van der Waals surface area contributed by atoms with Gasteiger partial charge in [-0.25, -0.2) is 8.78 Å². The van der Waals surface area contributed by atoms with Gasteiger partial charge in [-0.1, -0.05) is 18.2 Å². The summed E-state index contributed by atoms with van der Waals surface area (Å²) in [5, 5.41) is 7.41. The van der Waals surface area contributed by atoms with E-state index in [-0.39, 0.29) is 5.84 Å². The van der Waals surface area contributed by atoms with Gasteiger partial charge in [0.05, 0.1) is 0 Å². The van der Waals surface area contributed by atoms with Gasteiger partial charge in [-0.05, 0) is 18.2 Å². The Labute approximate surface area is 116 Å². The molecule has 0 aliphatic heterocycles. The number of nitrogens with one attached hydrogen (secondary N) is 1. The first kappa shape index (κ1) is 14.0. The van der Waals surface area contributed by atoms with Crippen molar-refractivity contribution in [1.29, 1.82) is 5.41 Å². The Balaban J connectivity index is 2.21. The SMILES string of the molecule is CN(Cc1ccc(F)cc1F)c1cccc(C(=N)N)c1. The maximum Gasteiger partial charge on any atom is 0.131 e. The summed E-state index contributed by atoms with van der Waals surface area (Å²) in [6.07, 6.45) is 0. The van der Waals surface area contributed by atoms with Crippen LogP contribution in [0.25, 0.3) is 0 Å². The molecule has 0 aromatic heterocycles. The fourth-order valence-corrected chi connectivity index (χ4v) is 1.91. The quantitative estimate of drug-likeness (QED) is 0.666. The van der Waals surface area contributed by atoms with Gasteiger partial charge in [-0.2, -0.15) is 0 Å². The van der Waals surface area contributed by atoms with Crippen LogP contribution >= 0.6 is 0 Å². The van der Waals surface area contributed by atoms with Crippen LogP contribution in [0.2, 0.25) is 0 Å². The molecule has 0 radical (unpaired) electrons. The highest BCUT2D eigenvalue weighted by molar-refractivity contribution is 5.95. The molecule has 20 heavy (non-hydrogen) atoms. The lowest BCUT2D eigenvalue weighted by atomic mass is 10.1. The normalized spacial score (nSPS) is 10.3. The third kappa shape index (κ3) is 3.12. The summed E-state index contributed by atoms with van der Waals surface area (Å²) in [6.45, 7) is 0.299. The number of nitrogen functional groups attached to an aromatic ring is 1. The van der Waals surface area contributed by atoms with E-state index in [1.165, 1.54) is 12.1 Å². The van der Waals surface area contributed by atoms with Crippen LogP contribution in [0.15, 0.2) is 42.5 Å². The van der Waals surface area contributed by atoms with Crippen LogP contribution in [-0.2, 0) is 6.54 Å². The number of nitrogens with two attached hydrogens (primary N) is 1. The van der Waals surface area contributed by atoms with Crippen LogP contribution in [0.5, 0.6) is 0 Å². The van der Waals surface area contributed by atoms with Crippen molar-refractivity contribution < 1.29 is 8.78 Å². The van der Waals surface area contributed by atoms with Gasteiger partial charge in [0, 0.05) is 36.5 Å². The number of anilines is 1. The molecule has 0 saturated heterocycles. The molecule has 0 heterocycles. The van der Waals surface area contributed by atoms with Crippen molar-refractivity contribution in [2.45, 2.75) is 6.54 Å². The van der Waals surface area contributed by atoms with Crippen LogP contribution in [0, 0.1) is 17.0 Å². The Bertz CT molecular complexity index is 641. The van der Waals surface area contributed by atoms with Crippen LogP contribution < -0.4 is 10.6 Å². The molecule has 3 N–H and O–H groups in total. The molecule has 0 aliphatic rings. The molecule has 0 amide bonds. The molecule has 2 aromatic carbocycles. The zero-order chi connectivity index (χ0) is 14.7. The summed E-state index contributed by atoms with van der Waals surface area (Å²) in [6, 6.07) is 10.6. The summed E-state index contributed by atoms with van der Waals surface area (Å²) < 4.78 is 26.5. The summed E-state index contributed by atoms with van der Waals surface area (Å²) in [4.78, 5) is 1.81. The molecule has 0 saturated carbocycles. The fourth-order valence-electron chi connectivity index (χ4n) is 1.91.